The highest BCUT2D eigenvalue weighted by Crippen LogP contribution is 1.83. The molecule has 0 bridgehead atoms. The first-order chi connectivity index (χ1) is 3.13. The van der Waals surface area contributed by atoms with Crippen molar-refractivity contribution in [3.8, 4) is 0 Å². The average molecular weight is 103 g/mol. The summed E-state index contributed by atoms with van der Waals surface area (Å²) in [5, 5.41) is 9.89. The van der Waals surface area contributed by atoms with Gasteiger partial charge in [0.05, 0.1) is 0 Å². The molecular weight excluding hydrogens is 96.0 g/mol. The molecule has 1 atom stereocenters. The third-order valence-corrected chi connectivity index (χ3v) is 0.332. The van der Waals surface area contributed by atoms with Crippen LogP contribution < -0.4 is 0 Å². The highest BCUT2D eigenvalue weighted by atomic mass is 16.6. The predicted molar refractivity (Wildman–Crippen MR) is 21.9 cm³/mol. The molecule has 0 heterocycles. The van der Waals surface area contributed by atoms with Crippen LogP contribution >= 0.6 is 0 Å². The zero-order valence-corrected chi connectivity index (χ0v) is 4.30. The van der Waals surface area contributed by atoms with Gasteiger partial charge in [0, 0.05) is 13.8 Å². The lowest BCUT2D eigenvalue weighted by Gasteiger charge is -1.98. The fraction of sp³-hybridized carbons (Fsp3) is 0.750. The Bertz CT molecular complexity index is 67.3. The molecule has 0 aromatic rings. The maximum absolute atomic E-state index is 9.89. The van der Waals surface area contributed by atoms with Crippen molar-refractivity contribution in [3.63, 3.8) is 0 Å². The summed E-state index contributed by atoms with van der Waals surface area (Å²) in [4.78, 5) is 9.83. The van der Waals surface area contributed by atoms with Gasteiger partial charge in [-0.3, -0.25) is 4.79 Å². The van der Waals surface area contributed by atoms with Crippen molar-refractivity contribution in [2.45, 2.75) is 20.1 Å². The van der Waals surface area contributed by atoms with Crippen LogP contribution in [-0.4, -0.2) is 12.3 Å². The normalized spacial score (nSPS) is 13.0. The fourth-order valence-corrected chi connectivity index (χ4v) is 0.234. The molecular formula is C4H7O3. The molecule has 0 aliphatic carbocycles. The number of hydrogen-bond acceptors (Lipinski definition) is 2. The smallest absolute Gasteiger partial charge is 0.305 e. The number of hydrogen-bond donors (Lipinski definition) is 0. The maximum Gasteiger partial charge on any atom is 0.305 e. The van der Waals surface area contributed by atoms with Gasteiger partial charge >= 0.3 is 5.97 Å². The average Bonchev–Trinajstić information content (AvgIpc) is 1.27. The van der Waals surface area contributed by atoms with E-state index in [2.05, 4.69) is 4.74 Å². The minimum Gasteiger partial charge on any atom is -0.433 e. The Morgan fingerprint density at radius 2 is 2.14 bits per heavy atom. The Labute approximate surface area is 41.9 Å². The topological polar surface area (TPSA) is 46.2 Å². The number of esters is 1. The van der Waals surface area contributed by atoms with E-state index in [9.17, 15) is 9.90 Å². The first-order valence-electron chi connectivity index (χ1n) is 1.96. The Hall–Kier alpha value is -0.570. The maximum atomic E-state index is 9.89. The summed E-state index contributed by atoms with van der Waals surface area (Å²) in [7, 11) is 0. The molecule has 3 nitrogen and oxygen atoms in total. The molecule has 0 N–H and O–H groups in total. The zero-order chi connectivity index (χ0) is 5.86. The summed E-state index contributed by atoms with van der Waals surface area (Å²) < 4.78 is 4.06. The summed E-state index contributed by atoms with van der Waals surface area (Å²) in [6.07, 6.45) is -1.22. The first kappa shape index (κ1) is 6.43. The van der Waals surface area contributed by atoms with E-state index in [0.717, 1.165) is 0 Å². The van der Waals surface area contributed by atoms with Crippen LogP contribution in [0.3, 0.4) is 0 Å². The Kier molecular flexibility index (Phi) is 2.37. The molecule has 41 valence electrons. The zero-order valence-electron chi connectivity index (χ0n) is 4.30. The van der Waals surface area contributed by atoms with Gasteiger partial charge in [0.15, 0.2) is 0 Å². The number of carbonyl (C=O) groups is 1. The third-order valence-electron chi connectivity index (χ3n) is 0.332. The largest absolute Gasteiger partial charge is 0.433 e. The summed E-state index contributed by atoms with van der Waals surface area (Å²) in [6.45, 7) is 2.47. The van der Waals surface area contributed by atoms with Crippen molar-refractivity contribution in [3.05, 3.63) is 0 Å². The van der Waals surface area contributed by atoms with Gasteiger partial charge in [-0.05, 0) is 0 Å². The molecule has 7 heavy (non-hydrogen) atoms. The third kappa shape index (κ3) is 5.43. The van der Waals surface area contributed by atoms with Crippen molar-refractivity contribution < 1.29 is 14.6 Å². The number of ether oxygens (including phenoxy) is 1. The van der Waals surface area contributed by atoms with Gasteiger partial charge in [0.1, 0.15) is 0 Å². The molecule has 3 heteroatoms. The van der Waals surface area contributed by atoms with Gasteiger partial charge in [-0.2, -0.15) is 5.11 Å². The molecule has 0 rings (SSSR count). The van der Waals surface area contributed by atoms with Gasteiger partial charge in [0.25, 0.3) is 0 Å². The van der Waals surface area contributed by atoms with Gasteiger partial charge < -0.3 is 4.74 Å². The number of rotatable bonds is 1. The lowest BCUT2D eigenvalue weighted by Crippen LogP contribution is -2.08. The molecule has 0 aromatic carbocycles. The standard InChI is InChI=1S/C4H7O3/c1-3(5)7-4(2)6/h3H,1-2H3. The lowest BCUT2D eigenvalue weighted by atomic mass is 10.7. The van der Waals surface area contributed by atoms with E-state index in [0.29, 0.717) is 0 Å². The van der Waals surface area contributed by atoms with Crippen LogP contribution in [0.15, 0.2) is 0 Å². The van der Waals surface area contributed by atoms with Crippen molar-refractivity contribution >= 4 is 5.97 Å². The molecule has 0 fully saturated rings. The lowest BCUT2D eigenvalue weighted by molar-refractivity contribution is -0.171. The minimum atomic E-state index is -1.22. The molecule has 0 spiro atoms. The van der Waals surface area contributed by atoms with Crippen molar-refractivity contribution in [2.24, 2.45) is 0 Å². The molecule has 0 amide bonds. The monoisotopic (exact) mass is 103 g/mol. The predicted octanol–water partition coefficient (Wildman–Crippen LogP) is 0.326. The van der Waals surface area contributed by atoms with E-state index >= 15 is 0 Å². The van der Waals surface area contributed by atoms with Gasteiger partial charge in [0.2, 0.25) is 6.29 Å². The Balaban J connectivity index is 3.13. The second kappa shape index (κ2) is 2.58. The molecule has 0 aromatic heterocycles. The van der Waals surface area contributed by atoms with E-state index in [1.807, 2.05) is 0 Å². The fourth-order valence-electron chi connectivity index (χ4n) is 0.234. The van der Waals surface area contributed by atoms with Crippen LogP contribution in [0.5, 0.6) is 0 Å². The van der Waals surface area contributed by atoms with Crippen LogP contribution in [0.4, 0.5) is 0 Å². The van der Waals surface area contributed by atoms with E-state index < -0.39 is 12.3 Å². The van der Waals surface area contributed by atoms with Crippen molar-refractivity contribution in [2.75, 3.05) is 0 Å². The van der Waals surface area contributed by atoms with Gasteiger partial charge in [-0.25, -0.2) is 0 Å². The van der Waals surface area contributed by atoms with Crippen LogP contribution in [0.2, 0.25) is 0 Å². The molecule has 0 saturated heterocycles. The van der Waals surface area contributed by atoms with E-state index in [1.165, 1.54) is 13.8 Å². The van der Waals surface area contributed by atoms with Gasteiger partial charge in [-0.15, -0.1) is 0 Å². The molecule has 1 radical (unpaired) electrons. The molecule has 0 saturated carbocycles. The molecule has 0 aliphatic rings. The highest BCUT2D eigenvalue weighted by Gasteiger charge is 1.97. The summed E-state index contributed by atoms with van der Waals surface area (Å²) in [6, 6.07) is 0. The van der Waals surface area contributed by atoms with E-state index in [1.54, 1.807) is 0 Å². The quantitative estimate of drug-likeness (QED) is 0.354. The summed E-state index contributed by atoms with van der Waals surface area (Å²) in [5.41, 5.74) is 0. The second-order valence-corrected chi connectivity index (χ2v) is 1.18. The Morgan fingerprint density at radius 3 is 2.14 bits per heavy atom. The van der Waals surface area contributed by atoms with Crippen molar-refractivity contribution in [1.29, 1.82) is 0 Å². The van der Waals surface area contributed by atoms with Crippen LogP contribution in [0.1, 0.15) is 13.8 Å². The van der Waals surface area contributed by atoms with E-state index in [-0.39, 0.29) is 0 Å². The SMILES string of the molecule is CC(=O)OC(C)[O]. The summed E-state index contributed by atoms with van der Waals surface area (Å²) in [5.74, 6) is -0.525. The van der Waals surface area contributed by atoms with Gasteiger partial charge in [-0.1, -0.05) is 0 Å². The van der Waals surface area contributed by atoms with E-state index in [4.69, 9.17) is 0 Å². The van der Waals surface area contributed by atoms with Crippen LogP contribution in [0.25, 0.3) is 0 Å². The summed E-state index contributed by atoms with van der Waals surface area (Å²) >= 11 is 0. The molecule has 0 aliphatic heterocycles. The van der Waals surface area contributed by atoms with Crippen molar-refractivity contribution in [1.82, 2.24) is 0 Å². The highest BCUT2D eigenvalue weighted by molar-refractivity contribution is 5.65. The Morgan fingerprint density at radius 1 is 1.71 bits per heavy atom. The van der Waals surface area contributed by atoms with Crippen LogP contribution in [0, 0.1) is 0 Å². The van der Waals surface area contributed by atoms with Crippen LogP contribution in [-0.2, 0) is 14.6 Å². The first-order valence-corrected chi connectivity index (χ1v) is 1.96. The second-order valence-electron chi connectivity index (χ2n) is 1.18. The molecule has 1 unspecified atom stereocenters. The minimum absolute atomic E-state index is 0.525. The number of carbonyl (C=O) groups excluding carboxylic acids is 1.